The van der Waals surface area contributed by atoms with Gasteiger partial charge in [-0.05, 0) is 62.3 Å². The molecule has 130 valence electrons. The Labute approximate surface area is 147 Å². The van der Waals surface area contributed by atoms with E-state index in [0.717, 1.165) is 25.2 Å². The largest absolute Gasteiger partial charge is 0.493 e. The highest BCUT2D eigenvalue weighted by Crippen LogP contribution is 2.32. The quantitative estimate of drug-likeness (QED) is 0.769. The van der Waals surface area contributed by atoms with Crippen LogP contribution in [0, 0.1) is 11.3 Å². The molecule has 0 aromatic heterocycles. The maximum atomic E-state index is 6.03. The van der Waals surface area contributed by atoms with Crippen molar-refractivity contribution in [2.24, 2.45) is 11.3 Å². The molecule has 0 radical (unpaired) electrons. The summed E-state index contributed by atoms with van der Waals surface area (Å²) in [6, 6.07) is 9.36. The predicted octanol–water partition coefficient (Wildman–Crippen LogP) is 4.91. The summed E-state index contributed by atoms with van der Waals surface area (Å²) in [5.74, 6) is 1.66. The van der Waals surface area contributed by atoms with Gasteiger partial charge in [0, 0.05) is 12.0 Å². The van der Waals surface area contributed by atoms with Crippen molar-refractivity contribution < 1.29 is 4.74 Å². The Kier molecular flexibility index (Phi) is 5.78. The highest BCUT2D eigenvalue weighted by Gasteiger charge is 2.26. The van der Waals surface area contributed by atoms with Crippen molar-refractivity contribution >= 4 is 0 Å². The van der Waals surface area contributed by atoms with Gasteiger partial charge in [-0.3, -0.25) is 0 Å². The van der Waals surface area contributed by atoms with Crippen LogP contribution in [0.3, 0.4) is 0 Å². The lowest BCUT2D eigenvalue weighted by molar-refractivity contribution is 0.229. The van der Waals surface area contributed by atoms with Gasteiger partial charge in [-0.1, -0.05) is 49.8 Å². The Balaban J connectivity index is 1.47. The van der Waals surface area contributed by atoms with Gasteiger partial charge in [-0.15, -0.1) is 0 Å². The van der Waals surface area contributed by atoms with Gasteiger partial charge in [0.25, 0.3) is 0 Å². The van der Waals surface area contributed by atoms with Crippen LogP contribution < -0.4 is 10.1 Å². The number of rotatable bonds is 7. The maximum Gasteiger partial charge on any atom is 0.119 e. The average Bonchev–Trinajstić information content (AvgIpc) is 3.07. The molecule has 3 unspecified atom stereocenters. The van der Waals surface area contributed by atoms with Crippen molar-refractivity contribution in [3.63, 3.8) is 0 Å². The van der Waals surface area contributed by atoms with Gasteiger partial charge in [0.2, 0.25) is 0 Å². The topological polar surface area (TPSA) is 21.3 Å². The van der Waals surface area contributed by atoms with E-state index < -0.39 is 0 Å². The lowest BCUT2D eigenvalue weighted by Gasteiger charge is -2.26. The zero-order valence-electron chi connectivity index (χ0n) is 15.1. The van der Waals surface area contributed by atoms with E-state index in [1.54, 1.807) is 0 Å². The summed E-state index contributed by atoms with van der Waals surface area (Å²) >= 11 is 0. The molecule has 2 aliphatic carbocycles. The molecule has 24 heavy (non-hydrogen) atoms. The van der Waals surface area contributed by atoms with Crippen LogP contribution in [0.25, 0.3) is 0 Å². The molecule has 0 saturated heterocycles. The van der Waals surface area contributed by atoms with Crippen molar-refractivity contribution in [2.45, 2.75) is 51.5 Å². The molecule has 0 bridgehead atoms. The minimum atomic E-state index is 0.314. The number of allylic oxidation sites excluding steroid dienone is 4. The van der Waals surface area contributed by atoms with Crippen LogP contribution >= 0.6 is 0 Å². The Morgan fingerprint density at radius 2 is 2.00 bits per heavy atom. The first-order valence-corrected chi connectivity index (χ1v) is 9.42. The Morgan fingerprint density at radius 3 is 2.71 bits per heavy atom. The number of aryl methyl sites for hydroxylation is 1. The van der Waals surface area contributed by atoms with Crippen LogP contribution in [0.1, 0.15) is 44.6 Å². The first-order valence-electron chi connectivity index (χ1n) is 9.42. The first kappa shape index (κ1) is 17.3. The van der Waals surface area contributed by atoms with E-state index in [0.29, 0.717) is 17.4 Å². The molecule has 0 heterocycles. The zero-order valence-corrected chi connectivity index (χ0v) is 15.1. The summed E-state index contributed by atoms with van der Waals surface area (Å²) in [6.07, 6.45) is 16.3. The fourth-order valence-corrected chi connectivity index (χ4v) is 3.96. The normalized spacial score (nSPS) is 29.1. The molecular formula is C22H31NO. The number of hydrogen-bond donors (Lipinski definition) is 1. The smallest absolute Gasteiger partial charge is 0.119 e. The second-order valence-corrected chi connectivity index (χ2v) is 7.69. The molecule has 1 aromatic rings. The van der Waals surface area contributed by atoms with Crippen molar-refractivity contribution in [1.29, 1.82) is 0 Å². The van der Waals surface area contributed by atoms with E-state index in [1.165, 1.54) is 31.2 Å². The Morgan fingerprint density at radius 1 is 1.17 bits per heavy atom. The second kappa shape index (κ2) is 8.02. The van der Waals surface area contributed by atoms with Gasteiger partial charge in [0.05, 0.1) is 6.61 Å². The van der Waals surface area contributed by atoms with Crippen LogP contribution in [-0.2, 0) is 6.42 Å². The molecule has 2 aliphatic rings. The Hall–Kier alpha value is -1.54. The number of ether oxygens (including phenoxy) is 1. The molecule has 2 heteroatoms. The summed E-state index contributed by atoms with van der Waals surface area (Å²) in [6.45, 7) is 3.18. The predicted molar refractivity (Wildman–Crippen MR) is 101 cm³/mol. The molecule has 1 N–H and O–H groups in total. The lowest BCUT2D eigenvalue weighted by atomic mass is 9.79. The third-order valence-corrected chi connectivity index (χ3v) is 5.73. The molecule has 3 rings (SSSR count). The van der Waals surface area contributed by atoms with Gasteiger partial charge < -0.3 is 10.1 Å². The van der Waals surface area contributed by atoms with E-state index in [4.69, 9.17) is 4.74 Å². The molecule has 0 aliphatic heterocycles. The van der Waals surface area contributed by atoms with E-state index in [2.05, 4.69) is 67.9 Å². The molecule has 1 aromatic carbocycles. The number of benzene rings is 1. The van der Waals surface area contributed by atoms with E-state index >= 15 is 0 Å². The molecule has 0 amide bonds. The van der Waals surface area contributed by atoms with Gasteiger partial charge in [0.15, 0.2) is 0 Å². The molecule has 1 saturated carbocycles. The van der Waals surface area contributed by atoms with E-state index in [9.17, 15) is 0 Å². The fourth-order valence-electron chi connectivity index (χ4n) is 3.96. The average molecular weight is 325 g/mol. The van der Waals surface area contributed by atoms with Crippen molar-refractivity contribution in [3.8, 4) is 5.75 Å². The van der Waals surface area contributed by atoms with Crippen LogP contribution in [0.5, 0.6) is 5.75 Å². The lowest BCUT2D eigenvalue weighted by Crippen LogP contribution is -2.32. The van der Waals surface area contributed by atoms with Gasteiger partial charge in [-0.25, -0.2) is 0 Å². The van der Waals surface area contributed by atoms with Crippen LogP contribution in [0.2, 0.25) is 0 Å². The summed E-state index contributed by atoms with van der Waals surface area (Å²) in [5.41, 5.74) is 1.72. The monoisotopic (exact) mass is 325 g/mol. The van der Waals surface area contributed by atoms with Gasteiger partial charge in [0.1, 0.15) is 5.75 Å². The SMILES string of the molecule is CNC1CCCC1COc1ccc(CCC2(C)C=CC=CC2)cc1. The van der Waals surface area contributed by atoms with E-state index in [-0.39, 0.29) is 0 Å². The Bertz CT molecular complexity index is 574. The molecule has 0 spiro atoms. The number of hydrogen-bond acceptors (Lipinski definition) is 2. The summed E-state index contributed by atoms with van der Waals surface area (Å²) < 4.78 is 6.03. The zero-order chi connectivity index (χ0) is 16.8. The summed E-state index contributed by atoms with van der Waals surface area (Å²) in [5, 5.41) is 3.42. The standard InChI is InChI=1S/C22H31NO/c1-22(14-4-3-5-15-22)16-13-18-9-11-20(12-10-18)24-17-19-7-6-8-21(19)23-2/h3-5,9-12,14,19,21,23H,6-8,13,15-17H2,1-2H3. The van der Waals surface area contributed by atoms with Crippen molar-refractivity contribution in [3.05, 3.63) is 54.1 Å². The minimum absolute atomic E-state index is 0.314. The minimum Gasteiger partial charge on any atom is -0.493 e. The molecule has 2 nitrogen and oxygen atoms in total. The molecule has 3 atom stereocenters. The van der Waals surface area contributed by atoms with Crippen molar-refractivity contribution in [1.82, 2.24) is 5.32 Å². The molecule has 1 fully saturated rings. The van der Waals surface area contributed by atoms with Crippen molar-refractivity contribution in [2.75, 3.05) is 13.7 Å². The second-order valence-electron chi connectivity index (χ2n) is 7.69. The summed E-state index contributed by atoms with van der Waals surface area (Å²) in [4.78, 5) is 0. The van der Waals surface area contributed by atoms with Crippen LogP contribution in [-0.4, -0.2) is 19.7 Å². The number of nitrogens with one attached hydrogen (secondary N) is 1. The van der Waals surface area contributed by atoms with Crippen LogP contribution in [0.15, 0.2) is 48.6 Å². The summed E-state index contributed by atoms with van der Waals surface area (Å²) in [7, 11) is 2.07. The van der Waals surface area contributed by atoms with Crippen LogP contribution in [0.4, 0.5) is 0 Å². The highest BCUT2D eigenvalue weighted by molar-refractivity contribution is 5.28. The van der Waals surface area contributed by atoms with Gasteiger partial charge in [-0.2, -0.15) is 0 Å². The molecular weight excluding hydrogens is 294 g/mol. The third kappa shape index (κ3) is 4.51. The maximum absolute atomic E-state index is 6.03. The first-order chi connectivity index (χ1) is 11.7. The third-order valence-electron chi connectivity index (χ3n) is 5.73. The fraction of sp³-hybridized carbons (Fsp3) is 0.545. The van der Waals surface area contributed by atoms with E-state index in [1.807, 2.05) is 0 Å². The highest BCUT2D eigenvalue weighted by atomic mass is 16.5. The van der Waals surface area contributed by atoms with Gasteiger partial charge >= 0.3 is 0 Å².